The van der Waals surface area contributed by atoms with Gasteiger partial charge in [-0.3, -0.25) is 0 Å². The van der Waals surface area contributed by atoms with E-state index in [1.165, 1.54) is 6.92 Å². The van der Waals surface area contributed by atoms with Gasteiger partial charge >= 0.3 is 0 Å². The molecule has 1 aromatic heterocycles. The van der Waals surface area contributed by atoms with Gasteiger partial charge < -0.3 is 0 Å². The smallest absolute Gasteiger partial charge is 0.249 e. The Morgan fingerprint density at radius 2 is 2.46 bits per heavy atom. The minimum absolute atomic E-state index is 0.297. The number of H-pyrrole nitrogens is 1. The monoisotopic (exact) mass is 201 g/mol. The Labute approximate surface area is 74.8 Å². The number of aromatic amines is 1. The lowest BCUT2D eigenvalue weighted by Gasteiger charge is -2.03. The molecule has 7 nitrogen and oxygen atoms in total. The van der Waals surface area contributed by atoms with Crippen molar-refractivity contribution < 1.29 is 8.42 Å². The van der Waals surface area contributed by atoms with E-state index in [-0.39, 0.29) is 5.16 Å². The summed E-state index contributed by atoms with van der Waals surface area (Å²) in [7, 11) is -3.73. The highest BCUT2D eigenvalue weighted by Crippen LogP contribution is 1.98. The van der Waals surface area contributed by atoms with Gasteiger partial charge in [-0.1, -0.05) is 0 Å². The van der Waals surface area contributed by atoms with Crippen LogP contribution in [0, 0.1) is 11.3 Å². The van der Waals surface area contributed by atoms with Crippen LogP contribution in [0.4, 0.5) is 0 Å². The lowest BCUT2D eigenvalue weighted by molar-refractivity contribution is 0.568. The first-order valence-electron chi connectivity index (χ1n) is 3.33. The van der Waals surface area contributed by atoms with Crippen LogP contribution in [-0.2, 0) is 10.0 Å². The predicted octanol–water partition coefficient (Wildman–Crippen LogP) is -1.00. The quantitative estimate of drug-likeness (QED) is 0.651. The summed E-state index contributed by atoms with van der Waals surface area (Å²) in [6.45, 7) is 1.42. The number of nitriles is 1. The Kier molecular flexibility index (Phi) is 2.60. The Balaban J connectivity index is 2.87. The summed E-state index contributed by atoms with van der Waals surface area (Å²) in [6, 6.07) is 0.934. The number of nitrogens with one attached hydrogen (secondary N) is 2. The summed E-state index contributed by atoms with van der Waals surface area (Å²) in [6.07, 6.45) is 1.08. The molecule has 8 heteroatoms. The minimum Gasteiger partial charge on any atom is -0.249 e. The second-order valence-electron chi connectivity index (χ2n) is 2.26. The van der Waals surface area contributed by atoms with Crippen molar-refractivity contribution in [3.8, 4) is 6.07 Å². The molecule has 0 fully saturated rings. The summed E-state index contributed by atoms with van der Waals surface area (Å²) in [5.74, 6) is 0. The van der Waals surface area contributed by atoms with Crippen LogP contribution < -0.4 is 4.72 Å². The summed E-state index contributed by atoms with van der Waals surface area (Å²) in [5, 5.41) is 13.6. The topological polar surface area (TPSA) is 112 Å². The largest absolute Gasteiger partial charge is 0.276 e. The molecule has 2 N–H and O–H groups in total. The van der Waals surface area contributed by atoms with Crippen molar-refractivity contribution in [1.82, 2.24) is 19.9 Å². The molecule has 0 aliphatic heterocycles. The summed E-state index contributed by atoms with van der Waals surface area (Å²) in [5.41, 5.74) is 0. The van der Waals surface area contributed by atoms with Gasteiger partial charge in [-0.2, -0.15) is 15.1 Å². The van der Waals surface area contributed by atoms with Gasteiger partial charge in [0.15, 0.2) is 0 Å². The van der Waals surface area contributed by atoms with Crippen LogP contribution in [0.25, 0.3) is 0 Å². The molecular formula is C5H7N5O2S. The van der Waals surface area contributed by atoms with Crippen molar-refractivity contribution in [3.05, 3.63) is 6.33 Å². The Morgan fingerprint density at radius 1 is 1.77 bits per heavy atom. The second-order valence-corrected chi connectivity index (χ2v) is 3.89. The maximum atomic E-state index is 11.3. The minimum atomic E-state index is -3.73. The van der Waals surface area contributed by atoms with Gasteiger partial charge in [-0.15, -0.1) is 0 Å². The molecule has 1 aromatic rings. The lowest BCUT2D eigenvalue weighted by atomic mass is 10.4. The van der Waals surface area contributed by atoms with E-state index in [0.29, 0.717) is 0 Å². The average molecular weight is 201 g/mol. The van der Waals surface area contributed by atoms with Crippen LogP contribution in [0.5, 0.6) is 0 Å². The molecule has 0 amide bonds. The second kappa shape index (κ2) is 3.51. The Hall–Kier alpha value is -1.46. The van der Waals surface area contributed by atoms with Crippen molar-refractivity contribution >= 4 is 10.0 Å². The van der Waals surface area contributed by atoms with Crippen LogP contribution in [0.3, 0.4) is 0 Å². The maximum absolute atomic E-state index is 11.3. The van der Waals surface area contributed by atoms with Gasteiger partial charge in [0.25, 0.3) is 15.2 Å². The zero-order valence-electron chi connectivity index (χ0n) is 6.72. The zero-order chi connectivity index (χ0) is 9.90. The van der Waals surface area contributed by atoms with E-state index in [4.69, 9.17) is 5.26 Å². The third-order valence-corrected chi connectivity index (χ3v) is 2.54. The van der Waals surface area contributed by atoms with Gasteiger partial charge in [-0.25, -0.2) is 18.5 Å². The first-order valence-corrected chi connectivity index (χ1v) is 4.82. The summed E-state index contributed by atoms with van der Waals surface area (Å²) >= 11 is 0. The number of aromatic nitrogens is 3. The first-order chi connectivity index (χ1) is 6.06. The van der Waals surface area contributed by atoms with Gasteiger partial charge in [0.05, 0.1) is 6.07 Å². The van der Waals surface area contributed by atoms with E-state index >= 15 is 0 Å². The Bertz CT molecular complexity index is 403. The fourth-order valence-corrected chi connectivity index (χ4v) is 1.63. The number of hydrogen-bond acceptors (Lipinski definition) is 5. The average Bonchev–Trinajstić information content (AvgIpc) is 2.55. The normalized spacial score (nSPS) is 13.5. The van der Waals surface area contributed by atoms with Crippen LogP contribution in [0.15, 0.2) is 11.5 Å². The molecule has 13 heavy (non-hydrogen) atoms. The van der Waals surface area contributed by atoms with Crippen molar-refractivity contribution in [2.24, 2.45) is 0 Å². The van der Waals surface area contributed by atoms with Crippen LogP contribution in [0.1, 0.15) is 6.92 Å². The number of rotatable bonds is 3. The molecule has 0 bridgehead atoms. The van der Waals surface area contributed by atoms with Crippen LogP contribution >= 0.6 is 0 Å². The predicted molar refractivity (Wildman–Crippen MR) is 41.8 cm³/mol. The Morgan fingerprint density at radius 3 is 2.92 bits per heavy atom. The van der Waals surface area contributed by atoms with Crippen molar-refractivity contribution in [3.63, 3.8) is 0 Å². The van der Waals surface area contributed by atoms with Crippen LogP contribution in [-0.4, -0.2) is 29.6 Å². The highest BCUT2D eigenvalue weighted by molar-refractivity contribution is 7.89. The third kappa shape index (κ3) is 2.24. The highest BCUT2D eigenvalue weighted by atomic mass is 32.2. The van der Waals surface area contributed by atoms with Crippen LogP contribution in [0.2, 0.25) is 0 Å². The number of hydrogen-bond donors (Lipinski definition) is 2. The van der Waals surface area contributed by atoms with E-state index in [1.54, 1.807) is 6.07 Å². The first kappa shape index (κ1) is 9.63. The third-order valence-electron chi connectivity index (χ3n) is 1.17. The van der Waals surface area contributed by atoms with Gasteiger partial charge in [0.1, 0.15) is 12.4 Å². The number of sulfonamides is 1. The molecular weight excluding hydrogens is 194 g/mol. The van der Waals surface area contributed by atoms with Crippen molar-refractivity contribution in [1.29, 1.82) is 5.26 Å². The number of nitrogens with zero attached hydrogens (tertiary/aromatic N) is 3. The molecule has 0 aliphatic rings. The summed E-state index contributed by atoms with van der Waals surface area (Å²) in [4.78, 5) is 3.45. The van der Waals surface area contributed by atoms with Gasteiger partial charge in [-0.05, 0) is 6.92 Å². The van der Waals surface area contributed by atoms with Gasteiger partial charge in [0.2, 0.25) is 0 Å². The molecule has 0 spiro atoms. The fraction of sp³-hybridized carbons (Fsp3) is 0.400. The van der Waals surface area contributed by atoms with E-state index in [9.17, 15) is 8.42 Å². The molecule has 1 atom stereocenters. The molecule has 70 valence electrons. The van der Waals surface area contributed by atoms with Crippen molar-refractivity contribution in [2.45, 2.75) is 18.1 Å². The molecule has 0 aliphatic carbocycles. The lowest BCUT2D eigenvalue weighted by Crippen LogP contribution is -2.32. The molecule has 1 unspecified atom stereocenters. The summed E-state index contributed by atoms with van der Waals surface area (Å²) < 4.78 is 24.6. The van der Waals surface area contributed by atoms with E-state index in [1.807, 2.05) is 0 Å². The molecule has 1 rings (SSSR count). The molecule has 0 saturated carbocycles. The molecule has 0 radical (unpaired) electrons. The van der Waals surface area contributed by atoms with E-state index in [2.05, 4.69) is 19.9 Å². The van der Waals surface area contributed by atoms with Crippen molar-refractivity contribution in [2.75, 3.05) is 0 Å². The molecule has 0 aromatic carbocycles. The molecule has 0 saturated heterocycles. The van der Waals surface area contributed by atoms with E-state index < -0.39 is 16.1 Å². The van der Waals surface area contributed by atoms with E-state index in [0.717, 1.165) is 6.33 Å². The fourth-order valence-electron chi connectivity index (χ4n) is 0.639. The maximum Gasteiger partial charge on any atom is 0.276 e. The molecule has 1 heterocycles. The van der Waals surface area contributed by atoms with Gasteiger partial charge in [0, 0.05) is 0 Å². The highest BCUT2D eigenvalue weighted by Gasteiger charge is 2.19. The zero-order valence-corrected chi connectivity index (χ0v) is 7.54. The SMILES string of the molecule is CC(C#N)NS(=O)(=O)c1ncn[nH]1. The standard InChI is InChI=1S/C5H7N5O2S/c1-4(2-6)10-13(11,12)5-7-3-8-9-5/h3-4,10H,1H3,(H,7,8,9).